The number of aryl methyl sites for hydroxylation is 1. The molecule has 2 N–H and O–H groups in total. The summed E-state index contributed by atoms with van der Waals surface area (Å²) < 4.78 is 1.22. The molecule has 1 heterocycles. The minimum absolute atomic E-state index is 0.0790. The van der Waals surface area contributed by atoms with Crippen molar-refractivity contribution in [2.24, 2.45) is 0 Å². The molecule has 0 atom stereocenters. The fourth-order valence-corrected chi connectivity index (χ4v) is 3.09. The fraction of sp³-hybridized carbons (Fsp3) is 0.118. The summed E-state index contributed by atoms with van der Waals surface area (Å²) in [6.45, 7) is 1.94. The Kier molecular flexibility index (Phi) is 3.62. The number of amides is 1. The van der Waals surface area contributed by atoms with Gasteiger partial charge in [-0.3, -0.25) is 4.79 Å². The molecule has 4 heteroatoms. The van der Waals surface area contributed by atoms with Crippen LogP contribution in [0, 0.1) is 6.92 Å². The van der Waals surface area contributed by atoms with E-state index in [1.807, 2.05) is 50.4 Å². The number of rotatable bonds is 3. The number of hydrogen-bond acceptors (Lipinski definition) is 3. The third-order valence-electron chi connectivity index (χ3n) is 3.47. The van der Waals surface area contributed by atoms with E-state index in [1.165, 1.54) is 4.70 Å². The van der Waals surface area contributed by atoms with E-state index < -0.39 is 0 Å². The number of thiophene rings is 1. The van der Waals surface area contributed by atoms with Crippen LogP contribution in [0.4, 0.5) is 11.4 Å². The highest BCUT2D eigenvalue weighted by Crippen LogP contribution is 2.24. The van der Waals surface area contributed by atoms with Crippen molar-refractivity contribution in [2.45, 2.75) is 6.92 Å². The van der Waals surface area contributed by atoms with Crippen LogP contribution in [0.5, 0.6) is 0 Å². The van der Waals surface area contributed by atoms with Gasteiger partial charge in [-0.25, -0.2) is 0 Å². The van der Waals surface area contributed by atoms with E-state index in [4.69, 9.17) is 0 Å². The Morgan fingerprint density at radius 2 is 1.86 bits per heavy atom. The highest BCUT2D eigenvalue weighted by molar-refractivity contribution is 7.17. The molecule has 0 unspecified atom stereocenters. The second-order valence-corrected chi connectivity index (χ2v) is 5.85. The van der Waals surface area contributed by atoms with E-state index in [1.54, 1.807) is 11.3 Å². The molecule has 0 spiro atoms. The van der Waals surface area contributed by atoms with E-state index >= 15 is 0 Å². The van der Waals surface area contributed by atoms with Crippen LogP contribution >= 0.6 is 11.3 Å². The second-order valence-electron chi connectivity index (χ2n) is 4.91. The summed E-state index contributed by atoms with van der Waals surface area (Å²) in [5.41, 5.74) is 3.47. The van der Waals surface area contributed by atoms with Crippen LogP contribution in [0.1, 0.15) is 15.9 Å². The number of anilines is 2. The maximum absolute atomic E-state index is 12.4. The van der Waals surface area contributed by atoms with Crippen molar-refractivity contribution in [1.82, 2.24) is 0 Å². The van der Waals surface area contributed by atoms with Crippen molar-refractivity contribution in [2.75, 3.05) is 17.7 Å². The SMILES string of the molecule is CNc1ccc(C(=O)Nc2ccc3sccc3c2)c(C)c1. The van der Waals surface area contributed by atoms with Crippen molar-refractivity contribution < 1.29 is 4.79 Å². The Morgan fingerprint density at radius 3 is 2.62 bits per heavy atom. The molecule has 1 aromatic heterocycles. The first-order valence-electron chi connectivity index (χ1n) is 6.74. The second kappa shape index (κ2) is 5.58. The molecule has 0 bridgehead atoms. The first kappa shape index (κ1) is 13.6. The Balaban J connectivity index is 1.85. The van der Waals surface area contributed by atoms with Gasteiger partial charge in [0.25, 0.3) is 5.91 Å². The molecule has 0 aliphatic carbocycles. The van der Waals surface area contributed by atoms with E-state index in [2.05, 4.69) is 22.1 Å². The largest absolute Gasteiger partial charge is 0.388 e. The molecular weight excluding hydrogens is 280 g/mol. The molecule has 3 aromatic rings. The lowest BCUT2D eigenvalue weighted by Gasteiger charge is -2.09. The average molecular weight is 296 g/mol. The van der Waals surface area contributed by atoms with Gasteiger partial charge in [0.05, 0.1) is 0 Å². The molecule has 0 saturated heterocycles. The van der Waals surface area contributed by atoms with Gasteiger partial charge < -0.3 is 10.6 Å². The zero-order valence-electron chi connectivity index (χ0n) is 11.9. The van der Waals surface area contributed by atoms with Gasteiger partial charge in [-0.1, -0.05) is 0 Å². The number of fused-ring (bicyclic) bond motifs is 1. The number of benzene rings is 2. The molecule has 0 aliphatic rings. The first-order chi connectivity index (χ1) is 10.2. The van der Waals surface area contributed by atoms with Crippen LogP contribution in [0.15, 0.2) is 47.8 Å². The van der Waals surface area contributed by atoms with E-state index in [-0.39, 0.29) is 5.91 Å². The van der Waals surface area contributed by atoms with Crippen molar-refractivity contribution >= 4 is 38.7 Å². The quantitative estimate of drug-likeness (QED) is 0.747. The fourth-order valence-electron chi connectivity index (χ4n) is 2.32. The Morgan fingerprint density at radius 1 is 1.05 bits per heavy atom. The van der Waals surface area contributed by atoms with Crippen molar-refractivity contribution in [3.05, 3.63) is 59.0 Å². The molecule has 106 valence electrons. The summed E-state index contributed by atoms with van der Waals surface area (Å²) in [5, 5.41) is 9.24. The topological polar surface area (TPSA) is 41.1 Å². The summed E-state index contributed by atoms with van der Waals surface area (Å²) in [4.78, 5) is 12.4. The normalized spacial score (nSPS) is 10.6. The lowest BCUT2D eigenvalue weighted by Crippen LogP contribution is -2.13. The highest BCUT2D eigenvalue weighted by atomic mass is 32.1. The van der Waals surface area contributed by atoms with Crippen LogP contribution in [0.3, 0.4) is 0 Å². The van der Waals surface area contributed by atoms with Crippen molar-refractivity contribution in [1.29, 1.82) is 0 Å². The maximum atomic E-state index is 12.4. The van der Waals surface area contributed by atoms with Crippen molar-refractivity contribution in [3.63, 3.8) is 0 Å². The zero-order chi connectivity index (χ0) is 14.8. The molecule has 0 radical (unpaired) electrons. The summed E-state index contributed by atoms with van der Waals surface area (Å²) in [7, 11) is 1.87. The third-order valence-corrected chi connectivity index (χ3v) is 4.37. The predicted molar refractivity (Wildman–Crippen MR) is 90.5 cm³/mol. The van der Waals surface area contributed by atoms with Gasteiger partial charge in [-0.2, -0.15) is 0 Å². The molecule has 0 fully saturated rings. The maximum Gasteiger partial charge on any atom is 0.255 e. The van der Waals surface area contributed by atoms with E-state index in [0.29, 0.717) is 5.56 Å². The summed E-state index contributed by atoms with van der Waals surface area (Å²) in [6.07, 6.45) is 0. The van der Waals surface area contributed by atoms with Gasteiger partial charge in [0.15, 0.2) is 0 Å². The number of carbonyl (C=O) groups is 1. The Bertz CT molecular complexity index is 807. The van der Waals surface area contributed by atoms with Gasteiger partial charge in [0.2, 0.25) is 0 Å². The number of nitrogens with one attached hydrogen (secondary N) is 2. The van der Waals surface area contributed by atoms with Gasteiger partial charge in [-0.05, 0) is 65.7 Å². The minimum atomic E-state index is -0.0790. The molecule has 21 heavy (non-hydrogen) atoms. The standard InChI is InChI=1S/C17H16N2OS/c1-11-9-13(18-2)3-5-15(11)17(20)19-14-4-6-16-12(10-14)7-8-21-16/h3-10,18H,1-2H3,(H,19,20). The molecular formula is C17H16N2OS. The Labute approximate surface area is 127 Å². The number of hydrogen-bond donors (Lipinski definition) is 2. The van der Waals surface area contributed by atoms with Gasteiger partial charge in [0, 0.05) is 28.7 Å². The lowest BCUT2D eigenvalue weighted by molar-refractivity contribution is 0.102. The van der Waals surface area contributed by atoms with Gasteiger partial charge in [0.1, 0.15) is 0 Å². The monoisotopic (exact) mass is 296 g/mol. The zero-order valence-corrected chi connectivity index (χ0v) is 12.8. The minimum Gasteiger partial charge on any atom is -0.388 e. The summed E-state index contributed by atoms with van der Waals surface area (Å²) >= 11 is 1.70. The van der Waals surface area contributed by atoms with Gasteiger partial charge >= 0.3 is 0 Å². The molecule has 0 saturated carbocycles. The average Bonchev–Trinajstić information content (AvgIpc) is 2.94. The Hall–Kier alpha value is -2.33. The lowest BCUT2D eigenvalue weighted by atomic mass is 10.1. The molecule has 2 aromatic carbocycles. The molecule has 0 aliphatic heterocycles. The van der Waals surface area contributed by atoms with E-state index in [9.17, 15) is 4.79 Å². The van der Waals surface area contributed by atoms with E-state index in [0.717, 1.165) is 22.3 Å². The van der Waals surface area contributed by atoms with Crippen LogP contribution in [0.25, 0.3) is 10.1 Å². The predicted octanol–water partition coefficient (Wildman–Crippen LogP) is 4.50. The molecule has 3 rings (SSSR count). The number of carbonyl (C=O) groups excluding carboxylic acids is 1. The smallest absolute Gasteiger partial charge is 0.255 e. The molecule has 1 amide bonds. The van der Waals surface area contributed by atoms with Crippen LogP contribution < -0.4 is 10.6 Å². The third kappa shape index (κ3) is 2.76. The first-order valence-corrected chi connectivity index (χ1v) is 7.62. The van der Waals surface area contributed by atoms with Gasteiger partial charge in [-0.15, -0.1) is 11.3 Å². The summed E-state index contributed by atoms with van der Waals surface area (Å²) in [5.74, 6) is -0.0790. The van der Waals surface area contributed by atoms with Crippen LogP contribution in [-0.2, 0) is 0 Å². The van der Waals surface area contributed by atoms with Crippen LogP contribution in [-0.4, -0.2) is 13.0 Å². The molecule has 3 nitrogen and oxygen atoms in total. The van der Waals surface area contributed by atoms with Crippen molar-refractivity contribution in [3.8, 4) is 0 Å². The summed E-state index contributed by atoms with van der Waals surface area (Å²) in [6, 6.07) is 13.8. The highest BCUT2D eigenvalue weighted by Gasteiger charge is 2.10. The van der Waals surface area contributed by atoms with Crippen LogP contribution in [0.2, 0.25) is 0 Å².